The maximum absolute atomic E-state index is 11.9. The van der Waals surface area contributed by atoms with Crippen LogP contribution in [0, 0.1) is 17.8 Å². The molecular weight excluding hydrogens is 204 g/mol. The van der Waals surface area contributed by atoms with Gasteiger partial charge in [-0.05, 0) is 46.0 Å². The van der Waals surface area contributed by atoms with Gasteiger partial charge in [-0.1, -0.05) is 6.92 Å². The average Bonchev–Trinajstić information content (AvgIpc) is 2.14. The molecule has 3 heteroatoms. The Hall–Kier alpha value is -0.860. The average molecular weight is 226 g/mol. The monoisotopic (exact) mass is 226 g/mol. The summed E-state index contributed by atoms with van der Waals surface area (Å²) in [7, 11) is 0. The van der Waals surface area contributed by atoms with Gasteiger partial charge >= 0.3 is 5.97 Å². The van der Waals surface area contributed by atoms with Crippen molar-refractivity contribution in [3.8, 4) is 0 Å². The molecule has 3 nitrogen and oxygen atoms in total. The second-order valence-corrected chi connectivity index (χ2v) is 5.83. The third-order valence-electron chi connectivity index (χ3n) is 3.11. The normalized spacial score (nSPS) is 30.9. The zero-order chi connectivity index (χ0) is 12.3. The molecule has 0 aromatic carbocycles. The smallest absolute Gasteiger partial charge is 0.309 e. The van der Waals surface area contributed by atoms with Gasteiger partial charge in [0.15, 0.2) is 0 Å². The fourth-order valence-electron chi connectivity index (χ4n) is 2.29. The van der Waals surface area contributed by atoms with Gasteiger partial charge in [0.1, 0.15) is 11.9 Å². The van der Waals surface area contributed by atoms with Crippen LogP contribution in [0.3, 0.4) is 0 Å². The number of hydrogen-bond donors (Lipinski definition) is 0. The van der Waals surface area contributed by atoms with Crippen molar-refractivity contribution in [2.75, 3.05) is 0 Å². The lowest BCUT2D eigenvalue weighted by molar-refractivity contribution is -0.163. The first-order valence-electron chi connectivity index (χ1n) is 6.01. The van der Waals surface area contributed by atoms with E-state index in [-0.39, 0.29) is 23.7 Å². The third kappa shape index (κ3) is 3.62. The number of carbonyl (C=O) groups excluding carboxylic acids is 2. The summed E-state index contributed by atoms with van der Waals surface area (Å²) in [4.78, 5) is 22.6. The largest absolute Gasteiger partial charge is 0.460 e. The number of ether oxygens (including phenoxy) is 1. The molecule has 1 saturated carbocycles. The first-order chi connectivity index (χ1) is 7.33. The number of rotatable bonds is 2. The Balaban J connectivity index is 2.55. The molecule has 1 fully saturated rings. The molecule has 0 heterocycles. The number of hydrogen-bond acceptors (Lipinski definition) is 3. The lowest BCUT2D eigenvalue weighted by Crippen LogP contribution is -2.35. The molecule has 0 aliphatic heterocycles. The molecule has 1 aliphatic carbocycles. The van der Waals surface area contributed by atoms with Crippen LogP contribution in [0.15, 0.2) is 0 Å². The molecule has 3 atom stereocenters. The number of esters is 1. The Kier molecular flexibility index (Phi) is 4.11. The van der Waals surface area contributed by atoms with Gasteiger partial charge in [-0.15, -0.1) is 0 Å². The quantitative estimate of drug-likeness (QED) is 0.537. The molecule has 0 spiro atoms. The summed E-state index contributed by atoms with van der Waals surface area (Å²) in [6.45, 7) is 7.68. The van der Waals surface area contributed by atoms with Crippen molar-refractivity contribution in [2.45, 2.75) is 52.6 Å². The Morgan fingerprint density at radius 1 is 1.31 bits per heavy atom. The summed E-state index contributed by atoms with van der Waals surface area (Å²) >= 11 is 0. The van der Waals surface area contributed by atoms with E-state index >= 15 is 0 Å². The van der Waals surface area contributed by atoms with Crippen LogP contribution in [0.2, 0.25) is 0 Å². The van der Waals surface area contributed by atoms with Crippen molar-refractivity contribution < 1.29 is 14.3 Å². The van der Waals surface area contributed by atoms with E-state index in [0.29, 0.717) is 0 Å². The van der Waals surface area contributed by atoms with E-state index in [1.165, 1.54) is 0 Å². The summed E-state index contributed by atoms with van der Waals surface area (Å²) in [5.74, 6) is 0.243. The highest BCUT2D eigenvalue weighted by molar-refractivity contribution is 5.73. The Morgan fingerprint density at radius 2 is 1.94 bits per heavy atom. The van der Waals surface area contributed by atoms with Gasteiger partial charge in [-0.25, -0.2) is 0 Å². The predicted octanol–water partition coefficient (Wildman–Crippen LogP) is 2.58. The molecule has 92 valence electrons. The van der Waals surface area contributed by atoms with E-state index in [4.69, 9.17) is 4.74 Å². The van der Waals surface area contributed by atoms with Gasteiger partial charge < -0.3 is 9.53 Å². The van der Waals surface area contributed by atoms with Crippen LogP contribution in [0.5, 0.6) is 0 Å². The second kappa shape index (κ2) is 4.98. The van der Waals surface area contributed by atoms with Crippen LogP contribution in [0.4, 0.5) is 0 Å². The van der Waals surface area contributed by atoms with Crippen molar-refractivity contribution >= 4 is 12.3 Å². The molecule has 0 amide bonds. The first kappa shape index (κ1) is 13.2. The standard InChI is InChI=1S/C13H22O3/c1-9-7-10(8-14)5-6-11(9)12(15)16-13(2,3)4/h8-11H,5-7H2,1-4H3. The van der Waals surface area contributed by atoms with Crippen LogP contribution in [0.1, 0.15) is 47.0 Å². The second-order valence-electron chi connectivity index (χ2n) is 5.83. The lowest BCUT2D eigenvalue weighted by Gasteiger charge is -2.32. The van der Waals surface area contributed by atoms with Crippen molar-refractivity contribution in [3.05, 3.63) is 0 Å². The first-order valence-corrected chi connectivity index (χ1v) is 6.01. The Bertz CT molecular complexity index is 265. The number of carbonyl (C=O) groups is 2. The summed E-state index contributed by atoms with van der Waals surface area (Å²) in [6, 6.07) is 0. The number of aldehydes is 1. The van der Waals surface area contributed by atoms with Crippen molar-refractivity contribution in [2.24, 2.45) is 17.8 Å². The van der Waals surface area contributed by atoms with E-state index in [2.05, 4.69) is 0 Å². The van der Waals surface area contributed by atoms with E-state index in [9.17, 15) is 9.59 Å². The maximum atomic E-state index is 11.9. The molecule has 0 aromatic rings. The molecule has 0 aromatic heterocycles. The van der Waals surface area contributed by atoms with Gasteiger partial charge in [0.05, 0.1) is 5.92 Å². The van der Waals surface area contributed by atoms with Crippen molar-refractivity contribution in [3.63, 3.8) is 0 Å². The Morgan fingerprint density at radius 3 is 2.38 bits per heavy atom. The minimum absolute atomic E-state index is 0.0320. The van der Waals surface area contributed by atoms with Crippen LogP contribution in [-0.4, -0.2) is 17.9 Å². The highest BCUT2D eigenvalue weighted by Gasteiger charge is 2.34. The highest BCUT2D eigenvalue weighted by Crippen LogP contribution is 2.34. The van der Waals surface area contributed by atoms with E-state index < -0.39 is 5.60 Å². The minimum Gasteiger partial charge on any atom is -0.460 e. The van der Waals surface area contributed by atoms with E-state index in [0.717, 1.165) is 25.5 Å². The van der Waals surface area contributed by atoms with Gasteiger partial charge in [0.25, 0.3) is 0 Å². The summed E-state index contributed by atoms with van der Waals surface area (Å²) < 4.78 is 5.39. The topological polar surface area (TPSA) is 43.4 Å². The molecule has 0 radical (unpaired) electrons. The SMILES string of the molecule is CC1CC(C=O)CCC1C(=O)OC(C)(C)C. The fraction of sp³-hybridized carbons (Fsp3) is 0.846. The minimum atomic E-state index is -0.418. The van der Waals surface area contributed by atoms with E-state index in [1.807, 2.05) is 27.7 Å². The van der Waals surface area contributed by atoms with Crippen molar-refractivity contribution in [1.82, 2.24) is 0 Å². The van der Waals surface area contributed by atoms with Crippen LogP contribution in [-0.2, 0) is 14.3 Å². The summed E-state index contributed by atoms with van der Waals surface area (Å²) in [5.41, 5.74) is -0.418. The Labute approximate surface area is 97.5 Å². The molecule has 1 rings (SSSR count). The lowest BCUT2D eigenvalue weighted by atomic mass is 9.75. The van der Waals surface area contributed by atoms with Crippen LogP contribution >= 0.6 is 0 Å². The van der Waals surface area contributed by atoms with Gasteiger partial charge in [-0.2, -0.15) is 0 Å². The summed E-state index contributed by atoms with van der Waals surface area (Å²) in [5, 5.41) is 0. The fourth-order valence-corrected chi connectivity index (χ4v) is 2.29. The molecular formula is C13H22O3. The highest BCUT2D eigenvalue weighted by atomic mass is 16.6. The molecule has 1 aliphatic rings. The summed E-state index contributed by atoms with van der Waals surface area (Å²) in [6.07, 6.45) is 3.42. The molecule has 16 heavy (non-hydrogen) atoms. The molecule has 0 saturated heterocycles. The van der Waals surface area contributed by atoms with Gasteiger partial charge in [0, 0.05) is 5.92 Å². The zero-order valence-corrected chi connectivity index (χ0v) is 10.7. The third-order valence-corrected chi connectivity index (χ3v) is 3.11. The van der Waals surface area contributed by atoms with Gasteiger partial charge in [-0.3, -0.25) is 4.79 Å². The predicted molar refractivity (Wildman–Crippen MR) is 61.9 cm³/mol. The van der Waals surface area contributed by atoms with E-state index in [1.54, 1.807) is 0 Å². The van der Waals surface area contributed by atoms with Gasteiger partial charge in [0.2, 0.25) is 0 Å². The van der Waals surface area contributed by atoms with Crippen LogP contribution < -0.4 is 0 Å². The zero-order valence-electron chi connectivity index (χ0n) is 10.7. The molecule has 0 bridgehead atoms. The maximum Gasteiger partial charge on any atom is 0.309 e. The molecule has 0 N–H and O–H groups in total. The van der Waals surface area contributed by atoms with Crippen molar-refractivity contribution in [1.29, 1.82) is 0 Å². The van der Waals surface area contributed by atoms with Crippen LogP contribution in [0.25, 0.3) is 0 Å². The molecule has 3 unspecified atom stereocenters.